The summed E-state index contributed by atoms with van der Waals surface area (Å²) in [6, 6.07) is 0. The molecule has 0 aromatic carbocycles. The topological polar surface area (TPSA) is 135 Å². The molecule has 0 aliphatic carbocycles. The predicted octanol–water partition coefficient (Wildman–Crippen LogP) is -6.80. The molecule has 0 spiro atoms. The van der Waals surface area contributed by atoms with Crippen LogP contribution >= 0.6 is 12.6 Å². The van der Waals surface area contributed by atoms with Gasteiger partial charge in [0.1, 0.15) is 0 Å². The summed E-state index contributed by atoms with van der Waals surface area (Å²) in [5.74, 6) is -1.33. The monoisotopic (exact) mass is 168 g/mol. The molecule has 0 radical (unpaired) electrons. The molecule has 0 heterocycles. The van der Waals surface area contributed by atoms with Gasteiger partial charge < -0.3 is 26.3 Å². The maximum Gasteiger partial charge on any atom is 1.00 e. The molecule has 0 rings (SSSR count). The average Bonchev–Trinajstić information content (AvgIpc) is 1.38. The van der Waals surface area contributed by atoms with E-state index in [4.69, 9.17) is 0 Å². The van der Waals surface area contributed by atoms with E-state index in [1.165, 1.54) is 0 Å². The van der Waals surface area contributed by atoms with Crippen LogP contribution in [-0.4, -0.2) is 28.2 Å². The summed E-state index contributed by atoms with van der Waals surface area (Å²) in [7, 11) is 0. The van der Waals surface area contributed by atoms with Crippen molar-refractivity contribution in [2.24, 2.45) is 0 Å². The van der Waals surface area contributed by atoms with E-state index < -0.39 is 5.97 Å². The number of carbonyl (C=O) groups excluding carboxylic acids is 1. The largest absolute Gasteiger partial charge is 1.00 e. The normalized spacial score (nSPS) is 4.11. The minimum absolute atomic E-state index is 0. The zero-order valence-corrected chi connectivity index (χ0v) is 7.87. The predicted molar refractivity (Wildman–Crippen MR) is 29.7 cm³/mol. The smallest absolute Gasteiger partial charge is 0.549 e. The molecule has 0 aliphatic rings. The van der Waals surface area contributed by atoms with E-state index in [-0.39, 0.29) is 51.7 Å². The van der Waals surface area contributed by atoms with E-state index in [0.29, 0.717) is 0 Å². The third-order valence-electron chi connectivity index (χ3n) is 0.129. The number of aliphatic carboxylic acids is 1. The van der Waals surface area contributed by atoms with Crippen LogP contribution in [0.2, 0.25) is 0 Å². The number of hydrogen-bond acceptors (Lipinski definition) is 3. The number of thiol groups is 1. The molecule has 6 N–H and O–H groups in total. The standard InChI is InChI=1S/C2H4O2S.Na.3H2O/c3-2(4)1-5;;;;/h5H,1H2,(H,3,4);;3*1H2/q;+1;;;/p-1. The Morgan fingerprint density at radius 3 is 1.44 bits per heavy atom. The molecule has 0 saturated heterocycles. The van der Waals surface area contributed by atoms with Crippen LogP contribution in [0, 0.1) is 0 Å². The molecule has 0 unspecified atom stereocenters. The number of rotatable bonds is 1. The van der Waals surface area contributed by atoms with E-state index in [2.05, 4.69) is 12.6 Å². The molecule has 0 aromatic heterocycles. The van der Waals surface area contributed by atoms with Crippen molar-refractivity contribution in [3.05, 3.63) is 0 Å². The minimum Gasteiger partial charge on any atom is -0.549 e. The van der Waals surface area contributed by atoms with Gasteiger partial charge in [0, 0.05) is 5.75 Å². The molecule has 0 aromatic rings. The molecule has 9 heavy (non-hydrogen) atoms. The van der Waals surface area contributed by atoms with Crippen LogP contribution in [0.15, 0.2) is 0 Å². The maximum atomic E-state index is 9.18. The van der Waals surface area contributed by atoms with Crippen molar-refractivity contribution in [3.63, 3.8) is 0 Å². The Labute approximate surface area is 80.1 Å². The van der Waals surface area contributed by atoms with Crippen molar-refractivity contribution in [1.29, 1.82) is 0 Å². The van der Waals surface area contributed by atoms with Crippen molar-refractivity contribution in [2.45, 2.75) is 0 Å². The third-order valence-corrected chi connectivity index (χ3v) is 0.387. The summed E-state index contributed by atoms with van der Waals surface area (Å²) < 4.78 is 0. The van der Waals surface area contributed by atoms with Gasteiger partial charge in [0.2, 0.25) is 0 Å². The van der Waals surface area contributed by atoms with Gasteiger partial charge in [-0.15, -0.1) is 0 Å². The fourth-order valence-electron chi connectivity index (χ4n) is 0. The second-order valence-electron chi connectivity index (χ2n) is 0.530. The summed E-state index contributed by atoms with van der Waals surface area (Å²) in [6.45, 7) is 0. The summed E-state index contributed by atoms with van der Waals surface area (Å²) in [4.78, 5) is 9.18. The van der Waals surface area contributed by atoms with Crippen LogP contribution < -0.4 is 34.7 Å². The van der Waals surface area contributed by atoms with Crippen LogP contribution in [0.1, 0.15) is 0 Å². The van der Waals surface area contributed by atoms with E-state index in [1.54, 1.807) is 0 Å². The van der Waals surface area contributed by atoms with Gasteiger partial charge in [-0.05, 0) is 0 Å². The number of hydrogen-bond donors (Lipinski definition) is 1. The number of carboxylic acid groups (broad SMARTS) is 1. The maximum absolute atomic E-state index is 9.18. The SMILES string of the molecule is O.O.O.O=C([O-])CS.[Na+]. The molecule has 0 bridgehead atoms. The van der Waals surface area contributed by atoms with Crippen LogP contribution in [0.25, 0.3) is 0 Å². The Balaban J connectivity index is -0.0000000133. The van der Waals surface area contributed by atoms with E-state index >= 15 is 0 Å². The molecule has 7 heteroatoms. The Kier molecular flexibility index (Phi) is 86.2. The molecular formula is C2H9NaO5S. The first-order valence-corrected chi connectivity index (χ1v) is 1.71. The average molecular weight is 168 g/mol. The van der Waals surface area contributed by atoms with Crippen LogP contribution in [0.5, 0.6) is 0 Å². The van der Waals surface area contributed by atoms with E-state index in [9.17, 15) is 9.90 Å². The second kappa shape index (κ2) is 23.4. The van der Waals surface area contributed by atoms with Gasteiger partial charge in [0.15, 0.2) is 0 Å². The van der Waals surface area contributed by atoms with Gasteiger partial charge in [0.25, 0.3) is 0 Å². The summed E-state index contributed by atoms with van der Waals surface area (Å²) >= 11 is 3.35. The zero-order chi connectivity index (χ0) is 4.28. The van der Waals surface area contributed by atoms with Crippen molar-refractivity contribution >= 4 is 18.6 Å². The number of carbonyl (C=O) groups is 1. The van der Waals surface area contributed by atoms with Gasteiger partial charge in [-0.1, -0.05) is 0 Å². The van der Waals surface area contributed by atoms with E-state index in [1.807, 2.05) is 0 Å². The van der Waals surface area contributed by atoms with Gasteiger partial charge in [-0.3, -0.25) is 0 Å². The first-order valence-electron chi connectivity index (χ1n) is 1.08. The molecule has 0 atom stereocenters. The van der Waals surface area contributed by atoms with E-state index in [0.717, 1.165) is 0 Å². The zero-order valence-electron chi connectivity index (χ0n) is 4.97. The van der Waals surface area contributed by atoms with Gasteiger partial charge >= 0.3 is 29.6 Å². The Morgan fingerprint density at radius 2 is 1.44 bits per heavy atom. The Morgan fingerprint density at radius 1 is 1.33 bits per heavy atom. The van der Waals surface area contributed by atoms with Crippen molar-refractivity contribution < 1.29 is 55.9 Å². The molecule has 0 aliphatic heterocycles. The van der Waals surface area contributed by atoms with Crippen LogP contribution in [-0.2, 0) is 4.79 Å². The van der Waals surface area contributed by atoms with Crippen molar-refractivity contribution in [1.82, 2.24) is 0 Å². The Bertz CT molecular complexity index is 50.2. The molecule has 0 amide bonds. The summed E-state index contributed by atoms with van der Waals surface area (Å²) in [5, 5.41) is 9.18. The first kappa shape index (κ1) is 33.2. The summed E-state index contributed by atoms with van der Waals surface area (Å²) in [5.41, 5.74) is 0. The summed E-state index contributed by atoms with van der Waals surface area (Å²) in [6.07, 6.45) is 0. The molecular weight excluding hydrogens is 159 g/mol. The third kappa shape index (κ3) is 53.6. The van der Waals surface area contributed by atoms with Crippen molar-refractivity contribution in [2.75, 3.05) is 5.75 Å². The van der Waals surface area contributed by atoms with Crippen molar-refractivity contribution in [3.8, 4) is 0 Å². The Hall–Kier alpha value is 0.700. The molecule has 5 nitrogen and oxygen atoms in total. The van der Waals surface area contributed by atoms with Crippen LogP contribution in [0.3, 0.4) is 0 Å². The molecule has 0 saturated carbocycles. The molecule has 0 fully saturated rings. The van der Waals surface area contributed by atoms with Gasteiger partial charge in [0.05, 0.1) is 5.97 Å². The van der Waals surface area contributed by atoms with Gasteiger partial charge in [-0.25, -0.2) is 0 Å². The fraction of sp³-hybridized carbons (Fsp3) is 0.500. The second-order valence-corrected chi connectivity index (χ2v) is 0.846. The fourth-order valence-corrected chi connectivity index (χ4v) is 0. The first-order chi connectivity index (χ1) is 2.27. The number of carboxylic acids is 1. The quantitative estimate of drug-likeness (QED) is 0.307. The van der Waals surface area contributed by atoms with Gasteiger partial charge in [-0.2, -0.15) is 12.6 Å². The van der Waals surface area contributed by atoms with Crippen LogP contribution in [0.4, 0.5) is 0 Å². The minimum atomic E-state index is -1.13. The molecule has 54 valence electrons.